The van der Waals surface area contributed by atoms with Crippen LogP contribution in [0.3, 0.4) is 0 Å². The first-order valence-corrected chi connectivity index (χ1v) is 6.73. The molecule has 1 unspecified atom stereocenters. The highest BCUT2D eigenvalue weighted by Crippen LogP contribution is 2.24. The van der Waals surface area contributed by atoms with Crippen LogP contribution in [0.4, 0.5) is 17.3 Å². The maximum absolute atomic E-state index is 11.1. The van der Waals surface area contributed by atoms with Gasteiger partial charge in [0.25, 0.3) is 0 Å². The van der Waals surface area contributed by atoms with Crippen molar-refractivity contribution in [1.29, 1.82) is 0 Å². The molecule has 0 aliphatic rings. The van der Waals surface area contributed by atoms with Gasteiger partial charge in [-0.15, -0.1) is 0 Å². The molecule has 112 valence electrons. The summed E-state index contributed by atoms with van der Waals surface area (Å²) in [6.07, 6.45) is 3.54. The van der Waals surface area contributed by atoms with Crippen molar-refractivity contribution in [3.8, 4) is 0 Å². The molecule has 0 aliphatic heterocycles. The van der Waals surface area contributed by atoms with Crippen LogP contribution in [0.5, 0.6) is 0 Å². The fraction of sp³-hybridized carbons (Fsp3) is 0.385. The predicted octanol–water partition coefficient (Wildman–Crippen LogP) is 2.12. The lowest BCUT2D eigenvalue weighted by atomic mass is 10.3. The van der Waals surface area contributed by atoms with E-state index in [2.05, 4.69) is 20.7 Å². The number of hydrogen-bond acceptors (Lipinski definition) is 6. The molecule has 0 saturated heterocycles. The Labute approximate surface area is 122 Å². The molecule has 0 spiro atoms. The quantitative estimate of drug-likeness (QED) is 0.598. The third-order valence-corrected chi connectivity index (χ3v) is 2.83. The zero-order chi connectivity index (χ0) is 15.2. The molecule has 1 atom stereocenters. The van der Waals surface area contributed by atoms with Crippen LogP contribution >= 0.6 is 0 Å². The molecule has 0 amide bonds. The number of nitro groups is 1. The van der Waals surface area contributed by atoms with Crippen LogP contribution in [-0.4, -0.2) is 32.3 Å². The van der Waals surface area contributed by atoms with E-state index < -0.39 is 4.92 Å². The molecule has 2 rings (SSSR count). The Morgan fingerprint density at radius 2 is 2.29 bits per heavy atom. The zero-order valence-electron chi connectivity index (χ0n) is 12.0. The van der Waals surface area contributed by atoms with E-state index in [9.17, 15) is 10.1 Å². The second-order valence-corrected chi connectivity index (χ2v) is 4.63. The number of rotatable bonds is 7. The molecule has 0 saturated carbocycles. The van der Waals surface area contributed by atoms with Crippen molar-refractivity contribution in [2.75, 3.05) is 17.2 Å². The number of nitrogens with zero attached hydrogens (tertiary/aromatic N) is 4. The molecule has 0 bridgehead atoms. The average Bonchev–Trinajstić information content (AvgIpc) is 2.91. The van der Waals surface area contributed by atoms with Crippen LogP contribution in [0.2, 0.25) is 0 Å². The molecule has 0 radical (unpaired) electrons. The topological polar surface area (TPSA) is 97.9 Å². The summed E-state index contributed by atoms with van der Waals surface area (Å²) in [7, 11) is 0. The minimum absolute atomic E-state index is 0.0380. The maximum atomic E-state index is 11.1. The third kappa shape index (κ3) is 3.91. The predicted molar refractivity (Wildman–Crippen MR) is 80.4 cm³/mol. The summed E-state index contributed by atoms with van der Waals surface area (Å²) < 4.78 is 1.76. The molecule has 21 heavy (non-hydrogen) atoms. The molecule has 8 nitrogen and oxygen atoms in total. The highest BCUT2D eigenvalue weighted by atomic mass is 16.6. The number of nitrogens with one attached hydrogen (secondary N) is 2. The van der Waals surface area contributed by atoms with Gasteiger partial charge in [-0.1, -0.05) is 0 Å². The van der Waals surface area contributed by atoms with Crippen molar-refractivity contribution < 1.29 is 4.92 Å². The Kier molecular flexibility index (Phi) is 4.70. The van der Waals surface area contributed by atoms with Crippen LogP contribution in [0.1, 0.15) is 13.8 Å². The summed E-state index contributed by atoms with van der Waals surface area (Å²) in [4.78, 5) is 14.9. The Hall–Kier alpha value is -2.64. The number of anilines is 2. The largest absolute Gasteiger partial charge is 0.370 e. The second-order valence-electron chi connectivity index (χ2n) is 4.63. The molecular weight excluding hydrogens is 272 g/mol. The highest BCUT2D eigenvalue weighted by molar-refractivity contribution is 5.60. The van der Waals surface area contributed by atoms with Gasteiger partial charge in [-0.2, -0.15) is 5.10 Å². The first-order chi connectivity index (χ1) is 10.1. The average molecular weight is 290 g/mol. The lowest BCUT2D eigenvalue weighted by molar-refractivity contribution is -0.384. The normalized spacial score (nSPS) is 11.9. The first-order valence-electron chi connectivity index (χ1n) is 6.73. The van der Waals surface area contributed by atoms with Gasteiger partial charge in [0.2, 0.25) is 5.82 Å². The van der Waals surface area contributed by atoms with Crippen molar-refractivity contribution in [2.24, 2.45) is 0 Å². The van der Waals surface area contributed by atoms with Gasteiger partial charge >= 0.3 is 5.69 Å². The highest BCUT2D eigenvalue weighted by Gasteiger charge is 2.18. The van der Waals surface area contributed by atoms with E-state index in [1.807, 2.05) is 26.1 Å². The van der Waals surface area contributed by atoms with Gasteiger partial charge < -0.3 is 10.6 Å². The van der Waals surface area contributed by atoms with Crippen molar-refractivity contribution in [2.45, 2.75) is 26.4 Å². The molecule has 2 heterocycles. The van der Waals surface area contributed by atoms with Crippen LogP contribution in [0.25, 0.3) is 0 Å². The van der Waals surface area contributed by atoms with Gasteiger partial charge in [0.1, 0.15) is 5.82 Å². The van der Waals surface area contributed by atoms with Crippen molar-refractivity contribution in [1.82, 2.24) is 14.8 Å². The first kappa shape index (κ1) is 14.8. The van der Waals surface area contributed by atoms with E-state index >= 15 is 0 Å². The minimum Gasteiger partial charge on any atom is -0.370 e. The van der Waals surface area contributed by atoms with Gasteiger partial charge in [0.15, 0.2) is 0 Å². The maximum Gasteiger partial charge on any atom is 0.311 e. The molecule has 2 aromatic rings. The molecule has 2 N–H and O–H groups in total. The van der Waals surface area contributed by atoms with E-state index in [4.69, 9.17) is 0 Å². The number of pyridine rings is 1. The van der Waals surface area contributed by atoms with Crippen molar-refractivity contribution in [3.63, 3.8) is 0 Å². The SMILES string of the molecule is CCNc1ccc([N+](=O)[O-])c(NC(C)Cn2cccn2)n1. The molecule has 2 aromatic heterocycles. The lowest BCUT2D eigenvalue weighted by Gasteiger charge is -2.15. The van der Waals surface area contributed by atoms with E-state index in [0.717, 1.165) is 0 Å². The summed E-state index contributed by atoms with van der Waals surface area (Å²) >= 11 is 0. The van der Waals surface area contributed by atoms with E-state index in [-0.39, 0.29) is 17.5 Å². The molecular formula is C13H18N6O2. The number of aromatic nitrogens is 3. The van der Waals surface area contributed by atoms with Gasteiger partial charge in [0.05, 0.1) is 11.5 Å². The molecule has 0 aliphatic carbocycles. The number of hydrogen-bond donors (Lipinski definition) is 2. The third-order valence-electron chi connectivity index (χ3n) is 2.83. The summed E-state index contributed by atoms with van der Waals surface area (Å²) in [6.45, 7) is 5.16. The molecule has 8 heteroatoms. The Balaban J connectivity index is 2.15. The fourth-order valence-corrected chi connectivity index (χ4v) is 1.95. The monoisotopic (exact) mass is 290 g/mol. The summed E-state index contributed by atoms with van der Waals surface area (Å²) in [5, 5.41) is 21.3. The van der Waals surface area contributed by atoms with Crippen LogP contribution < -0.4 is 10.6 Å². The molecule has 0 fully saturated rings. The summed E-state index contributed by atoms with van der Waals surface area (Å²) in [6, 6.07) is 4.84. The Morgan fingerprint density at radius 3 is 2.90 bits per heavy atom. The lowest BCUT2D eigenvalue weighted by Crippen LogP contribution is -2.23. The van der Waals surface area contributed by atoms with E-state index in [1.54, 1.807) is 16.9 Å². The standard InChI is InChI=1S/C13H18N6O2/c1-3-14-12-6-5-11(19(20)21)13(17-12)16-10(2)9-18-8-4-7-15-18/h4-8,10H,3,9H2,1-2H3,(H2,14,16,17). The Bertz CT molecular complexity index is 599. The van der Waals surface area contributed by atoms with Gasteiger partial charge in [-0.25, -0.2) is 4.98 Å². The van der Waals surface area contributed by atoms with E-state index in [0.29, 0.717) is 18.9 Å². The summed E-state index contributed by atoms with van der Waals surface area (Å²) in [5.74, 6) is 0.870. The van der Waals surface area contributed by atoms with E-state index in [1.165, 1.54) is 6.07 Å². The van der Waals surface area contributed by atoms with Gasteiger partial charge in [0, 0.05) is 31.0 Å². The minimum atomic E-state index is -0.439. The second kappa shape index (κ2) is 6.69. The fourth-order valence-electron chi connectivity index (χ4n) is 1.95. The molecule has 0 aromatic carbocycles. The van der Waals surface area contributed by atoms with Crippen molar-refractivity contribution in [3.05, 3.63) is 40.7 Å². The zero-order valence-corrected chi connectivity index (χ0v) is 12.0. The van der Waals surface area contributed by atoms with Crippen molar-refractivity contribution >= 4 is 17.3 Å². The summed E-state index contributed by atoms with van der Waals surface area (Å²) in [5.41, 5.74) is -0.0380. The van der Waals surface area contributed by atoms with Gasteiger partial charge in [-0.05, 0) is 26.0 Å². The van der Waals surface area contributed by atoms with Crippen LogP contribution in [0.15, 0.2) is 30.6 Å². The smallest absolute Gasteiger partial charge is 0.311 e. The van der Waals surface area contributed by atoms with Gasteiger partial charge in [-0.3, -0.25) is 14.8 Å². The van der Waals surface area contributed by atoms with Crippen LogP contribution in [-0.2, 0) is 6.54 Å². The Morgan fingerprint density at radius 1 is 1.48 bits per heavy atom. The van der Waals surface area contributed by atoms with Crippen LogP contribution in [0, 0.1) is 10.1 Å².